The summed E-state index contributed by atoms with van der Waals surface area (Å²) in [5.74, 6) is 1.72. The van der Waals surface area contributed by atoms with Crippen LogP contribution in [-0.4, -0.2) is 69.2 Å². The van der Waals surface area contributed by atoms with Gasteiger partial charge in [0, 0.05) is 61.5 Å². The van der Waals surface area contributed by atoms with Crippen molar-refractivity contribution in [1.82, 2.24) is 19.4 Å². The number of nitrogens with one attached hydrogen (secondary N) is 1. The van der Waals surface area contributed by atoms with Gasteiger partial charge in [0.05, 0.1) is 5.92 Å². The van der Waals surface area contributed by atoms with Crippen molar-refractivity contribution >= 4 is 40.6 Å². The Morgan fingerprint density at radius 1 is 1.22 bits per heavy atom. The molecule has 41 heavy (non-hydrogen) atoms. The number of para-hydroxylation sites is 1. The van der Waals surface area contributed by atoms with Crippen LogP contribution in [0.1, 0.15) is 49.1 Å². The summed E-state index contributed by atoms with van der Waals surface area (Å²) in [5, 5.41) is 3.72. The van der Waals surface area contributed by atoms with Gasteiger partial charge in [0.15, 0.2) is 5.78 Å². The van der Waals surface area contributed by atoms with Crippen LogP contribution in [0.25, 0.3) is 10.9 Å². The van der Waals surface area contributed by atoms with E-state index in [9.17, 15) is 14.4 Å². The summed E-state index contributed by atoms with van der Waals surface area (Å²) in [6.45, 7) is 9.06. The van der Waals surface area contributed by atoms with E-state index in [0.717, 1.165) is 46.6 Å². The van der Waals surface area contributed by atoms with Gasteiger partial charge in [0.1, 0.15) is 24.5 Å². The molecule has 1 atom stereocenters. The zero-order valence-corrected chi connectivity index (χ0v) is 25.8. The van der Waals surface area contributed by atoms with Crippen molar-refractivity contribution in [3.63, 3.8) is 0 Å². The SMILES string of the molecule is CSCCN(CCNC(=O)OC(C)(C)C)C(=O)OC[n+]1ccn(CC2CCc3c(c4ccccc4n3C)C2=O)c1C. The van der Waals surface area contributed by atoms with Crippen LogP contribution in [0, 0.1) is 12.8 Å². The number of hydrogen-bond acceptors (Lipinski definition) is 6. The molecular weight excluding hydrogens is 542 g/mol. The molecule has 4 rings (SSSR count). The van der Waals surface area contributed by atoms with E-state index in [0.29, 0.717) is 19.6 Å². The topological polar surface area (TPSA) is 98.7 Å². The summed E-state index contributed by atoms with van der Waals surface area (Å²) in [6, 6.07) is 8.09. The highest BCUT2D eigenvalue weighted by molar-refractivity contribution is 7.98. The Bertz CT molecular complexity index is 1410. The Morgan fingerprint density at radius 2 is 1.98 bits per heavy atom. The first-order chi connectivity index (χ1) is 19.5. The number of benzene rings is 1. The molecule has 2 aromatic heterocycles. The Labute approximate surface area is 246 Å². The highest BCUT2D eigenvalue weighted by Gasteiger charge is 2.34. The molecule has 2 amide bonds. The lowest BCUT2D eigenvalue weighted by Gasteiger charge is -2.23. The first kappa shape index (κ1) is 30.5. The molecule has 10 nitrogen and oxygen atoms in total. The number of imidazole rings is 1. The number of aromatic nitrogens is 3. The van der Waals surface area contributed by atoms with Crippen molar-refractivity contribution in [3.05, 3.63) is 53.7 Å². The van der Waals surface area contributed by atoms with E-state index < -0.39 is 17.8 Å². The lowest BCUT2D eigenvalue weighted by molar-refractivity contribution is -0.732. The van der Waals surface area contributed by atoms with Crippen LogP contribution in [0.3, 0.4) is 0 Å². The first-order valence-electron chi connectivity index (χ1n) is 14.0. The third kappa shape index (κ3) is 7.25. The number of alkyl carbamates (subject to hydrolysis) is 1. The fraction of sp³-hybridized carbons (Fsp3) is 0.533. The van der Waals surface area contributed by atoms with E-state index in [4.69, 9.17) is 9.47 Å². The van der Waals surface area contributed by atoms with Gasteiger partial charge in [-0.1, -0.05) is 18.2 Å². The molecule has 1 aromatic carbocycles. The number of Topliss-reactive ketones (excluding diaryl/α,β-unsaturated/α-hetero) is 1. The van der Waals surface area contributed by atoms with E-state index in [1.165, 1.54) is 0 Å². The van der Waals surface area contributed by atoms with Crippen molar-refractivity contribution in [1.29, 1.82) is 0 Å². The van der Waals surface area contributed by atoms with Gasteiger partial charge in [-0.15, -0.1) is 0 Å². The lowest BCUT2D eigenvalue weighted by Crippen LogP contribution is -2.44. The third-order valence-corrected chi connectivity index (χ3v) is 8.04. The lowest BCUT2D eigenvalue weighted by atomic mass is 9.85. The average molecular weight is 585 g/mol. The summed E-state index contributed by atoms with van der Waals surface area (Å²) >= 11 is 1.63. The minimum Gasteiger partial charge on any atom is -0.444 e. The second kappa shape index (κ2) is 13.0. The van der Waals surface area contributed by atoms with Gasteiger partial charge in [0.2, 0.25) is 6.73 Å². The highest BCUT2D eigenvalue weighted by Crippen LogP contribution is 2.34. The first-order valence-corrected chi connectivity index (χ1v) is 15.4. The molecule has 1 N–H and O–H groups in total. The number of thioether (sulfide) groups is 1. The Morgan fingerprint density at radius 3 is 2.71 bits per heavy atom. The monoisotopic (exact) mass is 584 g/mol. The third-order valence-electron chi connectivity index (χ3n) is 7.45. The van der Waals surface area contributed by atoms with Crippen molar-refractivity contribution < 1.29 is 28.4 Å². The van der Waals surface area contributed by atoms with E-state index in [2.05, 4.69) is 20.5 Å². The van der Waals surface area contributed by atoms with Crippen molar-refractivity contribution in [2.24, 2.45) is 13.0 Å². The van der Waals surface area contributed by atoms with Gasteiger partial charge in [-0.05, 0) is 45.9 Å². The molecule has 0 spiro atoms. The van der Waals surface area contributed by atoms with Crippen LogP contribution in [0.4, 0.5) is 9.59 Å². The van der Waals surface area contributed by atoms with Crippen LogP contribution in [0.15, 0.2) is 36.7 Å². The van der Waals surface area contributed by atoms with Crippen molar-refractivity contribution in [2.45, 2.75) is 59.4 Å². The maximum Gasteiger partial charge on any atom is 0.413 e. The fourth-order valence-corrected chi connectivity index (χ4v) is 5.66. The molecule has 0 saturated heterocycles. The van der Waals surface area contributed by atoms with Crippen molar-refractivity contribution in [2.75, 3.05) is 31.6 Å². The largest absolute Gasteiger partial charge is 0.444 e. The average Bonchev–Trinajstić information content (AvgIpc) is 3.42. The predicted octanol–water partition coefficient (Wildman–Crippen LogP) is 4.30. The molecule has 3 aromatic rings. The van der Waals surface area contributed by atoms with Gasteiger partial charge >= 0.3 is 12.2 Å². The van der Waals surface area contributed by atoms with Gasteiger partial charge in [-0.3, -0.25) is 4.79 Å². The zero-order valence-electron chi connectivity index (χ0n) is 24.9. The smallest absolute Gasteiger partial charge is 0.413 e. The summed E-state index contributed by atoms with van der Waals surface area (Å²) in [5.41, 5.74) is 2.48. The molecule has 222 valence electrons. The molecule has 0 aliphatic heterocycles. The number of aryl methyl sites for hydroxylation is 1. The summed E-state index contributed by atoms with van der Waals surface area (Å²) in [4.78, 5) is 40.1. The number of ether oxygens (including phenoxy) is 2. The summed E-state index contributed by atoms with van der Waals surface area (Å²) in [6.07, 6.45) is 6.48. The van der Waals surface area contributed by atoms with Crippen LogP contribution in [-0.2, 0) is 36.2 Å². The van der Waals surface area contributed by atoms with Crippen LogP contribution in [0.2, 0.25) is 0 Å². The zero-order chi connectivity index (χ0) is 29.7. The standard InChI is InChI=1S/C30H41N5O5S/c1-21-34(19-22-11-12-25-26(27(22)36)23-9-7-8-10-24(23)32(25)5)15-16-35(21)20-39-29(38)33(17-18-41-6)14-13-31-28(37)40-30(2,3)4/h7-10,15-16,22H,11-14,17-20H2,1-6H3/p+1. The molecule has 0 fully saturated rings. The maximum absolute atomic E-state index is 13.6. The Hall–Kier alpha value is -3.47. The summed E-state index contributed by atoms with van der Waals surface area (Å²) < 4.78 is 17.0. The number of hydrogen-bond donors (Lipinski definition) is 1. The fourth-order valence-electron chi connectivity index (χ4n) is 5.26. The number of rotatable bonds is 10. The molecule has 11 heteroatoms. The second-order valence-corrected chi connectivity index (χ2v) is 12.4. The normalized spacial score (nSPS) is 15.1. The van der Waals surface area contributed by atoms with E-state index in [-0.39, 0.29) is 25.0 Å². The molecule has 2 heterocycles. The van der Waals surface area contributed by atoms with Gasteiger partial charge in [-0.2, -0.15) is 16.3 Å². The van der Waals surface area contributed by atoms with Crippen LogP contribution >= 0.6 is 11.8 Å². The molecule has 0 bridgehead atoms. The molecule has 1 aliphatic rings. The Balaban J connectivity index is 1.35. The van der Waals surface area contributed by atoms with Crippen LogP contribution in [0.5, 0.6) is 0 Å². The van der Waals surface area contributed by atoms with Gasteiger partial charge in [0.25, 0.3) is 5.82 Å². The van der Waals surface area contributed by atoms with Gasteiger partial charge < -0.3 is 24.3 Å². The number of carbonyl (C=O) groups is 3. The van der Waals surface area contributed by atoms with Crippen molar-refractivity contribution in [3.8, 4) is 0 Å². The Kier molecular flexibility index (Phi) is 9.68. The maximum atomic E-state index is 13.6. The van der Waals surface area contributed by atoms with E-state index >= 15 is 0 Å². The number of ketones is 1. The number of amides is 2. The van der Waals surface area contributed by atoms with Crippen LogP contribution < -0.4 is 9.88 Å². The molecule has 1 unspecified atom stereocenters. The van der Waals surface area contributed by atoms with Gasteiger partial charge in [-0.25, -0.2) is 14.2 Å². The predicted molar refractivity (Wildman–Crippen MR) is 159 cm³/mol. The number of carbonyl (C=O) groups excluding carboxylic acids is 3. The minimum absolute atomic E-state index is 0.0546. The van der Waals surface area contributed by atoms with E-state index in [1.807, 2.05) is 55.4 Å². The summed E-state index contributed by atoms with van der Waals surface area (Å²) in [7, 11) is 2.04. The molecule has 0 radical (unpaired) electrons. The quantitative estimate of drug-likeness (QED) is 0.357. The minimum atomic E-state index is -0.587. The molecular formula is C30H42N5O5S+. The highest BCUT2D eigenvalue weighted by atomic mass is 32.2. The number of fused-ring (bicyclic) bond motifs is 3. The molecule has 0 saturated carbocycles. The van der Waals surface area contributed by atoms with E-state index in [1.54, 1.807) is 37.4 Å². The second-order valence-electron chi connectivity index (χ2n) is 11.4. The molecule has 1 aliphatic carbocycles. The number of nitrogens with zero attached hydrogens (tertiary/aromatic N) is 4.